The van der Waals surface area contributed by atoms with Crippen molar-refractivity contribution in [3.63, 3.8) is 0 Å². The van der Waals surface area contributed by atoms with Gasteiger partial charge in [0.1, 0.15) is 17.3 Å². The van der Waals surface area contributed by atoms with Crippen molar-refractivity contribution in [1.82, 2.24) is 29.7 Å². The summed E-state index contributed by atoms with van der Waals surface area (Å²) in [7, 11) is 0. The highest BCUT2D eigenvalue weighted by atomic mass is 19.1. The van der Waals surface area contributed by atoms with E-state index in [1.165, 1.54) is 6.07 Å². The van der Waals surface area contributed by atoms with Gasteiger partial charge in [-0.3, -0.25) is 24.3 Å². The Morgan fingerprint density at radius 1 is 0.850 bits per heavy atom. The summed E-state index contributed by atoms with van der Waals surface area (Å²) in [4.78, 5) is 31.8. The van der Waals surface area contributed by atoms with Gasteiger partial charge in [0, 0.05) is 41.8 Å². The van der Waals surface area contributed by atoms with Crippen LogP contribution in [0.2, 0.25) is 0 Å². The smallest absolute Gasteiger partial charge is 0.223 e. The zero-order valence-corrected chi connectivity index (χ0v) is 21.2. The van der Waals surface area contributed by atoms with Gasteiger partial charge in [0.05, 0.1) is 35.6 Å². The van der Waals surface area contributed by atoms with Crippen molar-refractivity contribution >= 4 is 34.0 Å². The van der Waals surface area contributed by atoms with Gasteiger partial charge in [-0.1, -0.05) is 36.4 Å². The number of anilines is 3. The van der Waals surface area contributed by atoms with Crippen molar-refractivity contribution < 1.29 is 9.18 Å². The van der Waals surface area contributed by atoms with Crippen molar-refractivity contribution in [2.24, 2.45) is 5.73 Å². The van der Waals surface area contributed by atoms with Crippen LogP contribution in [0.4, 0.5) is 21.6 Å². The molecule has 0 saturated carbocycles. The maximum absolute atomic E-state index is 14.5. The van der Waals surface area contributed by atoms with E-state index in [-0.39, 0.29) is 18.8 Å². The highest BCUT2D eigenvalue weighted by Crippen LogP contribution is 2.35. The van der Waals surface area contributed by atoms with Crippen molar-refractivity contribution in [2.75, 3.05) is 4.90 Å². The second kappa shape index (κ2) is 10.7. The number of hydrogen-bond acceptors (Lipinski definition) is 7. The SMILES string of the molecule is NC(=O)Cc1cc(N(c2ccncc2)c2ccncc2)nc(-c2nn(Cc3ccccc3F)c3ccccc23)n1. The Morgan fingerprint density at radius 2 is 1.50 bits per heavy atom. The highest BCUT2D eigenvalue weighted by molar-refractivity contribution is 5.92. The molecule has 0 radical (unpaired) electrons. The topological polar surface area (TPSA) is 116 Å². The van der Waals surface area contributed by atoms with Crippen LogP contribution in [0.1, 0.15) is 11.3 Å². The van der Waals surface area contributed by atoms with Crippen molar-refractivity contribution in [3.05, 3.63) is 121 Å². The van der Waals surface area contributed by atoms with E-state index in [4.69, 9.17) is 15.8 Å². The summed E-state index contributed by atoms with van der Waals surface area (Å²) in [5.74, 6) is -0.0161. The number of para-hydroxylation sites is 1. The molecule has 0 aliphatic heterocycles. The van der Waals surface area contributed by atoms with Crippen LogP contribution in [0, 0.1) is 5.82 Å². The van der Waals surface area contributed by atoms with Gasteiger partial charge in [0.2, 0.25) is 5.91 Å². The van der Waals surface area contributed by atoms with Gasteiger partial charge in [-0.15, -0.1) is 0 Å². The van der Waals surface area contributed by atoms with E-state index < -0.39 is 5.91 Å². The fourth-order valence-corrected chi connectivity index (χ4v) is 4.57. The Balaban J connectivity index is 1.54. The first-order chi connectivity index (χ1) is 19.6. The number of primary amides is 1. The van der Waals surface area contributed by atoms with E-state index >= 15 is 0 Å². The molecule has 10 heteroatoms. The summed E-state index contributed by atoms with van der Waals surface area (Å²) in [5.41, 5.74) is 9.41. The van der Waals surface area contributed by atoms with Gasteiger partial charge >= 0.3 is 0 Å². The first-order valence-corrected chi connectivity index (χ1v) is 12.5. The molecule has 0 spiro atoms. The summed E-state index contributed by atoms with van der Waals surface area (Å²) in [6.07, 6.45) is 6.67. The Labute approximate surface area is 228 Å². The molecular formula is C30H23FN8O. The molecule has 0 aliphatic carbocycles. The van der Waals surface area contributed by atoms with E-state index in [0.717, 1.165) is 22.3 Å². The normalized spacial score (nSPS) is 11.0. The first-order valence-electron chi connectivity index (χ1n) is 12.5. The molecule has 0 saturated heterocycles. The van der Waals surface area contributed by atoms with Crippen molar-refractivity contribution in [1.29, 1.82) is 0 Å². The number of amides is 1. The number of rotatable bonds is 8. The lowest BCUT2D eigenvalue weighted by atomic mass is 10.1. The van der Waals surface area contributed by atoms with E-state index in [9.17, 15) is 9.18 Å². The third-order valence-corrected chi connectivity index (χ3v) is 6.34. The predicted octanol–water partition coefficient (Wildman–Crippen LogP) is 4.97. The largest absolute Gasteiger partial charge is 0.369 e. The molecule has 4 heterocycles. The minimum Gasteiger partial charge on any atom is -0.369 e. The van der Waals surface area contributed by atoms with Crippen LogP contribution in [0.25, 0.3) is 22.4 Å². The number of hydrogen-bond donors (Lipinski definition) is 1. The summed E-state index contributed by atoms with van der Waals surface area (Å²) in [6, 6.07) is 23.4. The summed E-state index contributed by atoms with van der Waals surface area (Å²) in [6.45, 7) is 0.223. The molecule has 2 N–H and O–H groups in total. The lowest BCUT2D eigenvalue weighted by molar-refractivity contribution is -0.117. The maximum Gasteiger partial charge on any atom is 0.223 e. The van der Waals surface area contributed by atoms with Crippen LogP contribution >= 0.6 is 0 Å². The Kier molecular flexibility index (Phi) is 6.63. The zero-order chi connectivity index (χ0) is 27.5. The summed E-state index contributed by atoms with van der Waals surface area (Å²) < 4.78 is 16.3. The van der Waals surface area contributed by atoms with Gasteiger partial charge in [-0.05, 0) is 36.4 Å². The standard InChI is InChI=1S/C30H23FN8O/c31-25-7-3-1-5-20(25)19-38-26-8-4-2-6-24(26)29(37-38)30-35-21(17-27(32)40)18-28(36-30)39(22-9-13-33-14-10-22)23-11-15-34-16-12-23/h1-16,18H,17,19H2,(H2,32,40). The number of pyridine rings is 2. The van der Waals surface area contributed by atoms with Gasteiger partial charge in [-0.2, -0.15) is 5.10 Å². The van der Waals surface area contributed by atoms with E-state index in [0.29, 0.717) is 28.6 Å². The fourth-order valence-electron chi connectivity index (χ4n) is 4.57. The number of carbonyl (C=O) groups excluding carboxylic acids is 1. The predicted molar refractivity (Wildman–Crippen MR) is 149 cm³/mol. The highest BCUT2D eigenvalue weighted by Gasteiger charge is 2.21. The van der Waals surface area contributed by atoms with Gasteiger partial charge < -0.3 is 5.73 Å². The maximum atomic E-state index is 14.5. The molecule has 6 aromatic rings. The molecule has 2 aromatic carbocycles. The number of fused-ring (bicyclic) bond motifs is 1. The number of nitrogens with zero attached hydrogens (tertiary/aromatic N) is 7. The molecule has 0 atom stereocenters. The molecule has 6 rings (SSSR count). The molecule has 0 unspecified atom stereocenters. The number of benzene rings is 2. The number of halogens is 1. The van der Waals surface area contributed by atoms with E-state index in [1.54, 1.807) is 53.7 Å². The lowest BCUT2D eigenvalue weighted by Gasteiger charge is -2.24. The average molecular weight is 531 g/mol. The molecule has 1 amide bonds. The average Bonchev–Trinajstić information content (AvgIpc) is 3.34. The number of carbonyl (C=O) groups is 1. The third kappa shape index (κ3) is 4.97. The van der Waals surface area contributed by atoms with Crippen LogP contribution in [0.5, 0.6) is 0 Å². The van der Waals surface area contributed by atoms with Crippen LogP contribution in [-0.2, 0) is 17.8 Å². The van der Waals surface area contributed by atoms with Crippen LogP contribution < -0.4 is 10.6 Å². The Bertz CT molecular complexity index is 1770. The number of nitrogens with two attached hydrogens (primary N) is 1. The second-order valence-corrected chi connectivity index (χ2v) is 9.05. The summed E-state index contributed by atoms with van der Waals surface area (Å²) in [5, 5.41) is 5.62. The molecule has 0 aliphatic rings. The molecule has 40 heavy (non-hydrogen) atoms. The van der Waals surface area contributed by atoms with Crippen molar-refractivity contribution in [2.45, 2.75) is 13.0 Å². The van der Waals surface area contributed by atoms with Crippen molar-refractivity contribution in [3.8, 4) is 11.5 Å². The van der Waals surface area contributed by atoms with E-state index in [2.05, 4.69) is 15.0 Å². The Morgan fingerprint density at radius 3 is 2.17 bits per heavy atom. The molecule has 0 bridgehead atoms. The minimum absolute atomic E-state index is 0.0864. The number of aromatic nitrogens is 6. The Hall–Kier alpha value is -5.51. The third-order valence-electron chi connectivity index (χ3n) is 6.34. The lowest BCUT2D eigenvalue weighted by Crippen LogP contribution is -2.17. The first kappa shape index (κ1) is 24.8. The van der Waals surface area contributed by atoms with Crippen LogP contribution in [0.3, 0.4) is 0 Å². The van der Waals surface area contributed by atoms with E-state index in [1.807, 2.05) is 53.4 Å². The molecule has 0 fully saturated rings. The molecule has 4 aromatic heterocycles. The van der Waals surface area contributed by atoms with Gasteiger partial charge in [0.25, 0.3) is 0 Å². The van der Waals surface area contributed by atoms with Gasteiger partial charge in [0.15, 0.2) is 5.82 Å². The quantitative estimate of drug-likeness (QED) is 0.295. The summed E-state index contributed by atoms with van der Waals surface area (Å²) >= 11 is 0. The minimum atomic E-state index is -0.523. The fraction of sp³-hybridized carbons (Fsp3) is 0.0667. The monoisotopic (exact) mass is 530 g/mol. The second-order valence-electron chi connectivity index (χ2n) is 9.05. The zero-order valence-electron chi connectivity index (χ0n) is 21.2. The van der Waals surface area contributed by atoms with Crippen LogP contribution in [-0.4, -0.2) is 35.6 Å². The van der Waals surface area contributed by atoms with Crippen LogP contribution in [0.15, 0.2) is 104 Å². The van der Waals surface area contributed by atoms with Gasteiger partial charge in [-0.25, -0.2) is 14.4 Å². The molecular weight excluding hydrogens is 507 g/mol. The molecule has 9 nitrogen and oxygen atoms in total. The molecule has 196 valence electrons.